The number of aliphatic carboxylic acids is 1. The molecule has 1 unspecified atom stereocenters. The van der Waals surface area contributed by atoms with Crippen molar-refractivity contribution in [3.8, 4) is 0 Å². The first-order valence-corrected chi connectivity index (χ1v) is 6.26. The van der Waals surface area contributed by atoms with E-state index in [1.165, 1.54) is 4.90 Å². The Morgan fingerprint density at radius 3 is 2.84 bits per heavy atom. The second-order valence-electron chi connectivity index (χ2n) is 4.85. The minimum atomic E-state index is -0.841. The van der Waals surface area contributed by atoms with Crippen molar-refractivity contribution in [2.45, 2.75) is 19.8 Å². The molecule has 0 aliphatic carbocycles. The van der Waals surface area contributed by atoms with Crippen LogP contribution in [0.3, 0.4) is 0 Å². The summed E-state index contributed by atoms with van der Waals surface area (Å²) < 4.78 is 1.67. The van der Waals surface area contributed by atoms with Gasteiger partial charge in [-0.25, -0.2) is 4.79 Å². The highest BCUT2D eigenvalue weighted by atomic mass is 16.4. The monoisotopic (exact) mass is 266 g/mol. The molecule has 1 aromatic heterocycles. The molecule has 7 nitrogen and oxygen atoms in total. The van der Waals surface area contributed by atoms with Gasteiger partial charge in [-0.3, -0.25) is 14.8 Å². The summed E-state index contributed by atoms with van der Waals surface area (Å²) in [5.74, 6) is -0.821. The van der Waals surface area contributed by atoms with Crippen LogP contribution in [0.1, 0.15) is 18.5 Å². The number of carbonyl (C=O) groups is 2. The SMILES string of the molecule is Cc1cc(NC(=O)N2CCCC(C(=O)O)C2)nn1C. The molecule has 104 valence electrons. The second kappa shape index (κ2) is 5.29. The van der Waals surface area contributed by atoms with E-state index in [-0.39, 0.29) is 12.6 Å². The quantitative estimate of drug-likeness (QED) is 0.837. The summed E-state index contributed by atoms with van der Waals surface area (Å²) in [6.07, 6.45) is 1.34. The van der Waals surface area contributed by atoms with Crippen LogP contribution in [0.15, 0.2) is 6.07 Å². The highest BCUT2D eigenvalue weighted by Gasteiger charge is 2.28. The van der Waals surface area contributed by atoms with Gasteiger partial charge in [0.1, 0.15) is 0 Å². The predicted octanol–water partition coefficient (Wildman–Crippen LogP) is 1.06. The third-order valence-corrected chi connectivity index (χ3v) is 3.41. The highest BCUT2D eigenvalue weighted by Crippen LogP contribution is 2.17. The number of carboxylic acid groups (broad SMARTS) is 1. The predicted molar refractivity (Wildman–Crippen MR) is 68.9 cm³/mol. The van der Waals surface area contributed by atoms with Crippen molar-refractivity contribution in [1.29, 1.82) is 0 Å². The van der Waals surface area contributed by atoms with E-state index in [0.717, 1.165) is 5.69 Å². The van der Waals surface area contributed by atoms with Gasteiger partial charge in [0.25, 0.3) is 0 Å². The second-order valence-corrected chi connectivity index (χ2v) is 4.85. The van der Waals surface area contributed by atoms with Crippen LogP contribution in [0, 0.1) is 12.8 Å². The number of nitrogens with zero attached hydrogens (tertiary/aromatic N) is 3. The molecule has 1 aromatic rings. The van der Waals surface area contributed by atoms with E-state index in [1.807, 2.05) is 6.92 Å². The standard InChI is InChI=1S/C12H18N4O3/c1-8-6-10(14-15(8)2)13-12(19)16-5-3-4-9(7-16)11(17)18/h6,9H,3-5,7H2,1-2H3,(H,17,18)(H,13,14,19). The number of anilines is 1. The van der Waals surface area contributed by atoms with Crippen molar-refractivity contribution in [1.82, 2.24) is 14.7 Å². The lowest BCUT2D eigenvalue weighted by Crippen LogP contribution is -2.44. The van der Waals surface area contributed by atoms with Crippen molar-refractivity contribution in [3.05, 3.63) is 11.8 Å². The molecule has 1 aliphatic heterocycles. The fourth-order valence-corrected chi connectivity index (χ4v) is 2.17. The molecule has 1 saturated heterocycles. The van der Waals surface area contributed by atoms with E-state index in [4.69, 9.17) is 5.11 Å². The number of carbonyl (C=O) groups excluding carboxylic acids is 1. The summed E-state index contributed by atoms with van der Waals surface area (Å²) in [5.41, 5.74) is 0.942. The van der Waals surface area contributed by atoms with E-state index in [1.54, 1.807) is 17.8 Å². The van der Waals surface area contributed by atoms with Crippen molar-refractivity contribution >= 4 is 17.8 Å². The van der Waals surface area contributed by atoms with E-state index >= 15 is 0 Å². The lowest BCUT2D eigenvalue weighted by Gasteiger charge is -2.30. The molecule has 2 N–H and O–H groups in total. The molecule has 2 rings (SSSR count). The Hall–Kier alpha value is -2.05. The molecule has 2 amide bonds. The third kappa shape index (κ3) is 3.04. The summed E-state index contributed by atoms with van der Waals surface area (Å²) in [4.78, 5) is 24.5. The van der Waals surface area contributed by atoms with Crippen LogP contribution < -0.4 is 5.32 Å². The Morgan fingerprint density at radius 2 is 2.26 bits per heavy atom. The molecule has 7 heteroatoms. The minimum Gasteiger partial charge on any atom is -0.481 e. The van der Waals surface area contributed by atoms with Crippen LogP contribution in [0.4, 0.5) is 10.6 Å². The highest BCUT2D eigenvalue weighted by molar-refractivity contribution is 5.88. The van der Waals surface area contributed by atoms with Crippen LogP contribution in [0.2, 0.25) is 0 Å². The summed E-state index contributed by atoms with van der Waals surface area (Å²) in [7, 11) is 1.80. The van der Waals surface area contributed by atoms with Gasteiger partial charge in [0, 0.05) is 31.9 Å². The first-order valence-electron chi connectivity index (χ1n) is 6.26. The molecule has 0 saturated carbocycles. The average molecular weight is 266 g/mol. The zero-order chi connectivity index (χ0) is 14.0. The molecule has 0 spiro atoms. The molecule has 1 fully saturated rings. The minimum absolute atomic E-state index is 0.257. The maximum Gasteiger partial charge on any atom is 0.323 e. The van der Waals surface area contributed by atoms with Gasteiger partial charge in [-0.15, -0.1) is 0 Å². The lowest BCUT2D eigenvalue weighted by molar-refractivity contribution is -0.143. The first kappa shape index (κ1) is 13.4. The van der Waals surface area contributed by atoms with Crippen molar-refractivity contribution in [2.75, 3.05) is 18.4 Å². The third-order valence-electron chi connectivity index (χ3n) is 3.41. The molecule has 2 heterocycles. The van der Waals surface area contributed by atoms with Gasteiger partial charge in [0.2, 0.25) is 0 Å². The summed E-state index contributed by atoms with van der Waals surface area (Å²) in [6.45, 7) is 2.73. The van der Waals surface area contributed by atoms with Gasteiger partial charge < -0.3 is 10.0 Å². The van der Waals surface area contributed by atoms with E-state index in [2.05, 4.69) is 10.4 Å². The molecule has 19 heavy (non-hydrogen) atoms. The Morgan fingerprint density at radius 1 is 1.53 bits per heavy atom. The Labute approximate surface area is 111 Å². The number of nitrogens with one attached hydrogen (secondary N) is 1. The molecule has 0 aromatic carbocycles. The zero-order valence-corrected chi connectivity index (χ0v) is 11.1. The summed E-state index contributed by atoms with van der Waals surface area (Å²) >= 11 is 0. The zero-order valence-electron chi connectivity index (χ0n) is 11.1. The van der Waals surface area contributed by atoms with E-state index < -0.39 is 11.9 Å². The van der Waals surface area contributed by atoms with Gasteiger partial charge >= 0.3 is 12.0 Å². The van der Waals surface area contributed by atoms with Gasteiger partial charge in [-0.2, -0.15) is 5.10 Å². The summed E-state index contributed by atoms with van der Waals surface area (Å²) in [6, 6.07) is 1.49. The van der Waals surface area contributed by atoms with Crippen LogP contribution >= 0.6 is 0 Å². The number of rotatable bonds is 2. The van der Waals surface area contributed by atoms with E-state index in [0.29, 0.717) is 25.2 Å². The molecular formula is C12H18N4O3. The van der Waals surface area contributed by atoms with Crippen LogP contribution in [-0.2, 0) is 11.8 Å². The van der Waals surface area contributed by atoms with Gasteiger partial charge in [-0.05, 0) is 19.8 Å². The van der Waals surface area contributed by atoms with Crippen LogP contribution in [0.25, 0.3) is 0 Å². The number of hydrogen-bond donors (Lipinski definition) is 2. The number of aryl methyl sites for hydroxylation is 2. The van der Waals surface area contributed by atoms with Gasteiger partial charge in [0.05, 0.1) is 5.92 Å². The largest absolute Gasteiger partial charge is 0.481 e. The first-order chi connectivity index (χ1) is 8.97. The van der Waals surface area contributed by atoms with Gasteiger partial charge in [-0.1, -0.05) is 0 Å². The number of piperidine rings is 1. The van der Waals surface area contributed by atoms with Gasteiger partial charge in [0.15, 0.2) is 5.82 Å². The molecule has 1 atom stereocenters. The summed E-state index contributed by atoms with van der Waals surface area (Å²) in [5, 5.41) is 15.8. The molecule has 0 radical (unpaired) electrons. The van der Waals surface area contributed by atoms with Crippen molar-refractivity contribution in [2.24, 2.45) is 13.0 Å². The Bertz CT molecular complexity index is 478. The van der Waals surface area contributed by atoms with E-state index in [9.17, 15) is 9.59 Å². The van der Waals surface area contributed by atoms with Crippen LogP contribution in [0.5, 0.6) is 0 Å². The van der Waals surface area contributed by atoms with Crippen molar-refractivity contribution < 1.29 is 14.7 Å². The smallest absolute Gasteiger partial charge is 0.323 e. The fourth-order valence-electron chi connectivity index (χ4n) is 2.17. The number of carboxylic acids is 1. The maximum absolute atomic E-state index is 12.0. The number of aromatic nitrogens is 2. The number of hydrogen-bond acceptors (Lipinski definition) is 3. The molecule has 0 bridgehead atoms. The fraction of sp³-hybridized carbons (Fsp3) is 0.583. The molecule has 1 aliphatic rings. The van der Waals surface area contributed by atoms with Crippen molar-refractivity contribution in [3.63, 3.8) is 0 Å². The topological polar surface area (TPSA) is 87.5 Å². The number of likely N-dealkylation sites (tertiary alicyclic amines) is 1. The normalized spacial score (nSPS) is 19.3. The Kier molecular flexibility index (Phi) is 3.73. The number of urea groups is 1. The Balaban J connectivity index is 1.97. The lowest BCUT2D eigenvalue weighted by atomic mass is 9.99. The van der Waals surface area contributed by atoms with Crippen LogP contribution in [-0.4, -0.2) is 44.9 Å². The number of amides is 2. The average Bonchev–Trinajstić information content (AvgIpc) is 2.68. The maximum atomic E-state index is 12.0. The molecular weight excluding hydrogens is 248 g/mol.